The Morgan fingerprint density at radius 2 is 0.514 bits per heavy atom. The molecule has 0 radical (unpaired) electrons. The molecule has 0 aliphatic carbocycles. The van der Waals surface area contributed by atoms with Gasteiger partial charge in [0.05, 0.1) is 0 Å². The van der Waals surface area contributed by atoms with Crippen molar-refractivity contribution in [2.45, 2.75) is 179 Å². The van der Waals surface area contributed by atoms with Gasteiger partial charge in [0.25, 0.3) is 0 Å². The first kappa shape index (κ1) is 37.6. The molecule has 0 aliphatic heterocycles. The summed E-state index contributed by atoms with van der Waals surface area (Å²) in [6.07, 6.45) is 38.5. The van der Waals surface area contributed by atoms with Crippen LogP contribution >= 0.6 is 15.9 Å². The van der Waals surface area contributed by atoms with Crippen LogP contribution in [-0.2, 0) is 13.3 Å². The van der Waals surface area contributed by atoms with Gasteiger partial charge in [-0.15, -0.1) is 0 Å². The summed E-state index contributed by atoms with van der Waals surface area (Å²) < 4.78 is 16.5. The van der Waals surface area contributed by atoms with Gasteiger partial charge in [-0.1, -0.05) is 176 Å². The summed E-state index contributed by atoms with van der Waals surface area (Å²) in [5.74, 6) is 0. The Morgan fingerprint density at radius 3 is 0.703 bits per heavy atom. The van der Waals surface area contributed by atoms with Gasteiger partial charge in [0.1, 0.15) is 0 Å². The van der Waals surface area contributed by atoms with E-state index in [1.54, 1.807) is 21.3 Å². The Balaban J connectivity index is 3.13. The van der Waals surface area contributed by atoms with Crippen LogP contribution in [0.25, 0.3) is 0 Å². The number of alkyl halides is 1. The highest BCUT2D eigenvalue weighted by Gasteiger charge is 2.36. The number of hydrogen-bond acceptors (Lipinski definition) is 3. The van der Waals surface area contributed by atoms with E-state index in [0.717, 1.165) is 12.5 Å². The van der Waals surface area contributed by atoms with Gasteiger partial charge in [-0.05, 0) is 12.8 Å². The minimum absolute atomic E-state index is 0.940. The largest absolute Gasteiger partial charge is 0.500 e. The van der Waals surface area contributed by atoms with Crippen molar-refractivity contribution in [3.8, 4) is 0 Å². The molecule has 0 heterocycles. The second kappa shape index (κ2) is 31.1. The Bertz CT molecular complexity index is 413. The molecule has 0 N–H and O–H groups in total. The third kappa shape index (κ3) is 26.6. The molecule has 5 heteroatoms. The van der Waals surface area contributed by atoms with Crippen molar-refractivity contribution >= 4 is 24.7 Å². The maximum absolute atomic E-state index is 5.49. The van der Waals surface area contributed by atoms with E-state index < -0.39 is 8.80 Å². The smallest absolute Gasteiger partial charge is 0.377 e. The van der Waals surface area contributed by atoms with E-state index in [1.807, 2.05) is 0 Å². The van der Waals surface area contributed by atoms with Crippen LogP contribution in [0.1, 0.15) is 173 Å². The SMILES string of the molecule is CO[Si](CCCCCCCCCCCCCCCCCCCCCCCCCCCCCBr)(OC)OC. The molecule has 0 aromatic rings. The first-order chi connectivity index (χ1) is 18.2. The van der Waals surface area contributed by atoms with E-state index in [-0.39, 0.29) is 0 Å². The van der Waals surface area contributed by atoms with E-state index in [2.05, 4.69) is 15.9 Å². The highest BCUT2D eigenvalue weighted by molar-refractivity contribution is 9.09. The number of hydrogen-bond donors (Lipinski definition) is 0. The van der Waals surface area contributed by atoms with Crippen LogP contribution < -0.4 is 0 Å². The van der Waals surface area contributed by atoms with E-state index in [1.165, 1.54) is 172 Å². The van der Waals surface area contributed by atoms with E-state index in [0.29, 0.717) is 0 Å². The Morgan fingerprint density at radius 1 is 0.324 bits per heavy atom. The first-order valence-electron chi connectivity index (χ1n) is 16.5. The summed E-state index contributed by atoms with van der Waals surface area (Å²) in [6.45, 7) is 0. The minimum Gasteiger partial charge on any atom is -0.377 e. The fourth-order valence-corrected chi connectivity index (χ4v) is 7.60. The number of rotatable bonds is 32. The fraction of sp³-hybridized carbons (Fsp3) is 1.00. The van der Waals surface area contributed by atoms with Gasteiger partial charge >= 0.3 is 8.80 Å². The third-order valence-corrected chi connectivity index (χ3v) is 11.4. The molecule has 37 heavy (non-hydrogen) atoms. The van der Waals surface area contributed by atoms with Crippen molar-refractivity contribution in [2.24, 2.45) is 0 Å². The summed E-state index contributed by atoms with van der Waals surface area (Å²) in [5, 5.41) is 1.18. The Hall–Kier alpha value is 0.577. The number of halogens is 1. The predicted molar refractivity (Wildman–Crippen MR) is 170 cm³/mol. The molecule has 0 aromatic carbocycles. The zero-order valence-corrected chi connectivity index (χ0v) is 28.2. The Labute approximate surface area is 243 Å². The molecule has 0 bridgehead atoms. The van der Waals surface area contributed by atoms with Gasteiger partial charge in [0.2, 0.25) is 0 Å². The molecule has 3 nitrogen and oxygen atoms in total. The van der Waals surface area contributed by atoms with Crippen LogP contribution in [-0.4, -0.2) is 35.5 Å². The fourth-order valence-electron chi connectivity index (χ4n) is 5.41. The van der Waals surface area contributed by atoms with E-state index in [4.69, 9.17) is 13.3 Å². The normalized spacial score (nSPS) is 12.0. The summed E-state index contributed by atoms with van der Waals surface area (Å²) in [4.78, 5) is 0. The van der Waals surface area contributed by atoms with Crippen molar-refractivity contribution in [1.29, 1.82) is 0 Å². The average molecular weight is 608 g/mol. The van der Waals surface area contributed by atoms with Gasteiger partial charge < -0.3 is 13.3 Å². The predicted octanol–water partition coefficient (Wildman–Crippen LogP) is 11.8. The minimum atomic E-state index is -2.34. The van der Waals surface area contributed by atoms with Crippen LogP contribution in [0.2, 0.25) is 6.04 Å². The second-order valence-electron chi connectivity index (χ2n) is 11.3. The number of unbranched alkanes of at least 4 members (excludes halogenated alkanes) is 26. The highest BCUT2D eigenvalue weighted by atomic mass is 79.9. The van der Waals surface area contributed by atoms with Crippen LogP contribution in [0.5, 0.6) is 0 Å². The molecule has 0 saturated heterocycles. The first-order valence-corrected chi connectivity index (χ1v) is 19.5. The molecule has 0 spiro atoms. The molecule has 0 aromatic heterocycles. The van der Waals surface area contributed by atoms with Crippen molar-refractivity contribution in [2.75, 3.05) is 26.7 Å². The van der Waals surface area contributed by atoms with E-state index >= 15 is 0 Å². The van der Waals surface area contributed by atoms with Crippen molar-refractivity contribution in [1.82, 2.24) is 0 Å². The second-order valence-corrected chi connectivity index (χ2v) is 15.2. The molecule has 0 amide bonds. The Kier molecular flexibility index (Phi) is 31.6. The molecule has 0 saturated carbocycles. The molecule has 0 aliphatic rings. The molecule has 0 rings (SSSR count). The van der Waals surface area contributed by atoms with Gasteiger partial charge in [0, 0.05) is 32.7 Å². The maximum atomic E-state index is 5.49. The standard InChI is InChI=1S/C32H67BrO3Si/c1-34-37(35-2,36-3)32-30-28-26-24-22-20-18-16-14-12-10-8-6-4-5-7-9-11-13-15-17-19-21-23-25-27-29-31-33/h4-32H2,1-3H3. The maximum Gasteiger partial charge on any atom is 0.500 e. The molecule has 0 fully saturated rings. The van der Waals surface area contributed by atoms with Crippen molar-refractivity contribution < 1.29 is 13.3 Å². The summed E-state index contributed by atoms with van der Waals surface area (Å²) in [5.41, 5.74) is 0. The van der Waals surface area contributed by atoms with E-state index in [9.17, 15) is 0 Å². The monoisotopic (exact) mass is 606 g/mol. The van der Waals surface area contributed by atoms with Crippen LogP contribution in [0.4, 0.5) is 0 Å². The van der Waals surface area contributed by atoms with Crippen molar-refractivity contribution in [3.63, 3.8) is 0 Å². The zero-order chi connectivity index (χ0) is 27.1. The molecular formula is C32H67BrO3Si. The van der Waals surface area contributed by atoms with Gasteiger partial charge in [-0.2, -0.15) is 0 Å². The molecule has 224 valence electrons. The summed E-state index contributed by atoms with van der Waals surface area (Å²) >= 11 is 3.52. The summed E-state index contributed by atoms with van der Waals surface area (Å²) in [6, 6.07) is 0.940. The summed E-state index contributed by atoms with van der Waals surface area (Å²) in [7, 11) is 2.79. The van der Waals surface area contributed by atoms with Gasteiger partial charge in [0.15, 0.2) is 0 Å². The average Bonchev–Trinajstić information content (AvgIpc) is 2.92. The lowest BCUT2D eigenvalue weighted by molar-refractivity contribution is 0.122. The lowest BCUT2D eigenvalue weighted by Gasteiger charge is -2.24. The van der Waals surface area contributed by atoms with Crippen LogP contribution in [0.3, 0.4) is 0 Å². The quantitative estimate of drug-likeness (QED) is 0.0432. The van der Waals surface area contributed by atoms with Crippen molar-refractivity contribution in [3.05, 3.63) is 0 Å². The lowest BCUT2D eigenvalue weighted by Crippen LogP contribution is -2.42. The molecule has 0 atom stereocenters. The highest BCUT2D eigenvalue weighted by Crippen LogP contribution is 2.19. The zero-order valence-electron chi connectivity index (χ0n) is 25.6. The van der Waals surface area contributed by atoms with Gasteiger partial charge in [-0.3, -0.25) is 0 Å². The third-order valence-electron chi connectivity index (χ3n) is 8.05. The van der Waals surface area contributed by atoms with Gasteiger partial charge in [-0.25, -0.2) is 0 Å². The molecule has 0 unspecified atom stereocenters. The van der Waals surface area contributed by atoms with Crippen LogP contribution in [0.15, 0.2) is 0 Å². The lowest BCUT2D eigenvalue weighted by atomic mass is 10.0. The topological polar surface area (TPSA) is 27.7 Å². The molecular weight excluding hydrogens is 540 g/mol. The van der Waals surface area contributed by atoms with Crippen LogP contribution in [0, 0.1) is 0 Å².